The van der Waals surface area contributed by atoms with Crippen molar-refractivity contribution in [2.24, 2.45) is 7.05 Å². The van der Waals surface area contributed by atoms with E-state index in [0.29, 0.717) is 11.5 Å². The summed E-state index contributed by atoms with van der Waals surface area (Å²) in [6.07, 6.45) is 2.72. The molecule has 0 unspecified atom stereocenters. The number of nitrogen functional groups attached to an aromatic ring is 1. The number of anilines is 1. The predicted octanol–water partition coefficient (Wildman–Crippen LogP) is 1.09. The molecule has 0 aliphatic carbocycles. The first-order chi connectivity index (χ1) is 9.67. The van der Waals surface area contributed by atoms with E-state index in [2.05, 4.69) is 10.1 Å². The molecule has 6 heteroatoms. The van der Waals surface area contributed by atoms with Crippen molar-refractivity contribution in [3.05, 3.63) is 42.0 Å². The number of aliphatic hydroxyl groups excluding tert-OH is 1. The molecule has 0 atom stereocenters. The summed E-state index contributed by atoms with van der Waals surface area (Å²) in [7, 11) is 1.90. The van der Waals surface area contributed by atoms with Gasteiger partial charge in [-0.15, -0.1) is 0 Å². The fourth-order valence-electron chi connectivity index (χ4n) is 2.39. The summed E-state index contributed by atoms with van der Waals surface area (Å²) in [5.41, 5.74) is 9.27. The van der Waals surface area contributed by atoms with Crippen molar-refractivity contribution in [3.63, 3.8) is 0 Å². The number of aromatic nitrogens is 4. The Morgan fingerprint density at radius 2 is 2.15 bits per heavy atom. The molecule has 2 aromatic heterocycles. The van der Waals surface area contributed by atoms with Gasteiger partial charge in [-0.25, -0.2) is 4.98 Å². The fraction of sp³-hybridized carbons (Fsp3) is 0.286. The van der Waals surface area contributed by atoms with Crippen LogP contribution >= 0.6 is 0 Å². The maximum absolute atomic E-state index is 9.46. The zero-order valence-electron chi connectivity index (χ0n) is 11.3. The van der Waals surface area contributed by atoms with E-state index >= 15 is 0 Å². The van der Waals surface area contributed by atoms with E-state index < -0.39 is 0 Å². The molecule has 104 valence electrons. The molecule has 3 N–H and O–H groups in total. The average molecular weight is 271 g/mol. The van der Waals surface area contributed by atoms with Crippen molar-refractivity contribution in [1.82, 2.24) is 19.3 Å². The molecule has 0 radical (unpaired) electrons. The molecule has 0 amide bonds. The number of benzene rings is 1. The Kier molecular flexibility index (Phi) is 3.15. The zero-order chi connectivity index (χ0) is 14.1. The average Bonchev–Trinajstić information content (AvgIpc) is 2.99. The van der Waals surface area contributed by atoms with Crippen LogP contribution in [0.3, 0.4) is 0 Å². The largest absolute Gasteiger partial charge is 0.399 e. The van der Waals surface area contributed by atoms with Gasteiger partial charge < -0.3 is 15.4 Å². The van der Waals surface area contributed by atoms with E-state index in [-0.39, 0.29) is 6.61 Å². The quantitative estimate of drug-likeness (QED) is 0.696. The van der Waals surface area contributed by atoms with E-state index in [4.69, 9.17) is 5.73 Å². The van der Waals surface area contributed by atoms with Gasteiger partial charge in [0.25, 0.3) is 0 Å². The molecule has 20 heavy (non-hydrogen) atoms. The zero-order valence-corrected chi connectivity index (χ0v) is 11.3. The maximum Gasteiger partial charge on any atom is 0.135 e. The van der Waals surface area contributed by atoms with Gasteiger partial charge in [0.1, 0.15) is 12.4 Å². The van der Waals surface area contributed by atoms with Gasteiger partial charge in [-0.1, -0.05) is 0 Å². The Labute approximate surface area is 116 Å². The number of aryl methyl sites for hydroxylation is 3. The van der Waals surface area contributed by atoms with Gasteiger partial charge in [0.2, 0.25) is 0 Å². The van der Waals surface area contributed by atoms with Gasteiger partial charge in [0, 0.05) is 31.9 Å². The number of aliphatic hydroxyl groups is 1. The number of rotatable bonds is 4. The summed E-state index contributed by atoms with van der Waals surface area (Å²) in [5.74, 6) is 0.654. The van der Waals surface area contributed by atoms with Crippen LogP contribution in [0, 0.1) is 0 Å². The Balaban J connectivity index is 1.93. The second-order valence-corrected chi connectivity index (χ2v) is 4.82. The van der Waals surface area contributed by atoms with Gasteiger partial charge >= 0.3 is 0 Å². The van der Waals surface area contributed by atoms with Crippen LogP contribution in [0.4, 0.5) is 5.69 Å². The highest BCUT2D eigenvalue weighted by Crippen LogP contribution is 2.19. The number of nitrogens with zero attached hydrogens (tertiary/aromatic N) is 4. The Hall–Kier alpha value is -2.34. The van der Waals surface area contributed by atoms with Crippen LogP contribution in [0.2, 0.25) is 0 Å². The van der Waals surface area contributed by atoms with Crippen LogP contribution in [0.25, 0.3) is 11.0 Å². The maximum atomic E-state index is 9.46. The molecule has 0 saturated carbocycles. The predicted molar refractivity (Wildman–Crippen MR) is 77.0 cm³/mol. The van der Waals surface area contributed by atoms with Crippen molar-refractivity contribution in [2.75, 3.05) is 5.73 Å². The molecule has 0 bridgehead atoms. The molecule has 2 heterocycles. The Bertz CT molecular complexity index is 743. The van der Waals surface area contributed by atoms with Crippen LogP contribution in [0.15, 0.2) is 30.5 Å². The number of fused-ring (bicyclic) bond motifs is 1. The van der Waals surface area contributed by atoms with Crippen LogP contribution in [-0.2, 0) is 26.6 Å². The highest BCUT2D eigenvalue weighted by Gasteiger charge is 2.10. The molecule has 0 saturated heterocycles. The summed E-state index contributed by atoms with van der Waals surface area (Å²) in [4.78, 5) is 4.42. The topological polar surface area (TPSA) is 81.9 Å². The first-order valence-corrected chi connectivity index (χ1v) is 6.51. The van der Waals surface area contributed by atoms with Crippen LogP contribution in [0.1, 0.15) is 11.5 Å². The number of hydrogen-bond donors (Lipinski definition) is 2. The summed E-state index contributed by atoms with van der Waals surface area (Å²) < 4.78 is 3.80. The summed E-state index contributed by atoms with van der Waals surface area (Å²) >= 11 is 0. The summed E-state index contributed by atoms with van der Waals surface area (Å²) in [6.45, 7) is 0.643. The minimum Gasteiger partial charge on any atom is -0.399 e. The van der Waals surface area contributed by atoms with Crippen LogP contribution < -0.4 is 5.73 Å². The first-order valence-electron chi connectivity index (χ1n) is 6.51. The molecular weight excluding hydrogens is 254 g/mol. The molecule has 1 aromatic carbocycles. The minimum absolute atomic E-state index is 0.0865. The van der Waals surface area contributed by atoms with Gasteiger partial charge in [-0.3, -0.25) is 4.68 Å². The van der Waals surface area contributed by atoms with E-state index in [1.165, 1.54) is 0 Å². The first kappa shape index (κ1) is 12.7. The Morgan fingerprint density at radius 1 is 1.30 bits per heavy atom. The van der Waals surface area contributed by atoms with Crippen molar-refractivity contribution >= 4 is 16.7 Å². The monoisotopic (exact) mass is 271 g/mol. The molecule has 6 nitrogen and oxygen atoms in total. The lowest BCUT2D eigenvalue weighted by molar-refractivity contribution is 0.266. The van der Waals surface area contributed by atoms with E-state index in [1.807, 2.05) is 42.1 Å². The fourth-order valence-corrected chi connectivity index (χ4v) is 2.39. The van der Waals surface area contributed by atoms with E-state index in [9.17, 15) is 5.11 Å². The number of imidazole rings is 1. The van der Waals surface area contributed by atoms with Crippen molar-refractivity contribution in [1.29, 1.82) is 0 Å². The number of hydrogen-bond acceptors (Lipinski definition) is 4. The Morgan fingerprint density at radius 3 is 2.85 bits per heavy atom. The molecule has 3 rings (SSSR count). The van der Waals surface area contributed by atoms with Gasteiger partial charge in [-0.05, 0) is 24.3 Å². The van der Waals surface area contributed by atoms with E-state index in [0.717, 1.165) is 29.7 Å². The standard InChI is InChI=1S/C14H17N5O/c1-18-6-4-11(17-18)5-7-19-13-3-2-10(15)8-12(13)16-14(19)9-20/h2-4,6,8,20H,5,7,9,15H2,1H3. The lowest BCUT2D eigenvalue weighted by Crippen LogP contribution is -2.07. The highest BCUT2D eigenvalue weighted by molar-refractivity contribution is 5.79. The van der Waals surface area contributed by atoms with Crippen molar-refractivity contribution in [3.8, 4) is 0 Å². The number of nitrogens with two attached hydrogens (primary N) is 1. The molecular formula is C14H17N5O. The molecule has 3 aromatic rings. The molecule has 0 fully saturated rings. The lowest BCUT2D eigenvalue weighted by atomic mass is 10.2. The summed E-state index contributed by atoms with van der Waals surface area (Å²) in [6, 6.07) is 7.61. The van der Waals surface area contributed by atoms with Gasteiger partial charge in [0.05, 0.1) is 16.7 Å². The third kappa shape index (κ3) is 2.25. The highest BCUT2D eigenvalue weighted by atomic mass is 16.3. The third-order valence-corrected chi connectivity index (χ3v) is 3.35. The molecule has 0 aliphatic rings. The lowest BCUT2D eigenvalue weighted by Gasteiger charge is -2.06. The second-order valence-electron chi connectivity index (χ2n) is 4.82. The molecule has 0 aliphatic heterocycles. The van der Waals surface area contributed by atoms with Crippen LogP contribution in [-0.4, -0.2) is 24.4 Å². The van der Waals surface area contributed by atoms with Gasteiger partial charge in [-0.2, -0.15) is 5.10 Å². The SMILES string of the molecule is Cn1ccc(CCn2c(CO)nc3cc(N)ccc32)n1. The summed E-state index contributed by atoms with van der Waals surface area (Å²) in [5, 5.41) is 13.8. The molecule has 0 spiro atoms. The van der Waals surface area contributed by atoms with E-state index in [1.54, 1.807) is 4.68 Å². The minimum atomic E-state index is -0.0865. The smallest absolute Gasteiger partial charge is 0.135 e. The third-order valence-electron chi connectivity index (χ3n) is 3.35. The van der Waals surface area contributed by atoms with Crippen molar-refractivity contribution in [2.45, 2.75) is 19.6 Å². The van der Waals surface area contributed by atoms with Crippen molar-refractivity contribution < 1.29 is 5.11 Å². The van der Waals surface area contributed by atoms with Gasteiger partial charge in [0.15, 0.2) is 0 Å². The second kappa shape index (κ2) is 4.97. The van der Waals surface area contributed by atoms with Crippen LogP contribution in [0.5, 0.6) is 0 Å². The normalized spacial score (nSPS) is 11.3.